The molecule has 0 unspecified atom stereocenters. The van der Waals surface area contributed by atoms with Crippen LogP contribution in [0, 0.1) is 0 Å². The van der Waals surface area contributed by atoms with Crippen LogP contribution in [0.15, 0.2) is 42.5 Å². The van der Waals surface area contributed by atoms with Crippen molar-refractivity contribution in [1.29, 1.82) is 0 Å². The van der Waals surface area contributed by atoms with Crippen molar-refractivity contribution in [1.82, 2.24) is 9.88 Å². The lowest BCUT2D eigenvalue weighted by molar-refractivity contribution is -0.117. The predicted molar refractivity (Wildman–Crippen MR) is 108 cm³/mol. The highest BCUT2D eigenvalue weighted by molar-refractivity contribution is 7.15. The van der Waals surface area contributed by atoms with Crippen LogP contribution in [0.25, 0.3) is 10.8 Å². The van der Waals surface area contributed by atoms with Crippen LogP contribution in [0.2, 0.25) is 0 Å². The highest BCUT2D eigenvalue weighted by Crippen LogP contribution is 2.28. The van der Waals surface area contributed by atoms with Gasteiger partial charge in [0.05, 0.1) is 12.2 Å². The van der Waals surface area contributed by atoms with Crippen molar-refractivity contribution in [2.75, 3.05) is 23.7 Å². The average Bonchev–Trinajstić information content (AvgIpc) is 3.02. The lowest BCUT2D eigenvalue weighted by Crippen LogP contribution is -2.36. The molecule has 0 atom stereocenters. The van der Waals surface area contributed by atoms with Crippen LogP contribution in [0.1, 0.15) is 17.5 Å². The van der Waals surface area contributed by atoms with Crippen LogP contribution < -0.4 is 10.6 Å². The molecular weight excluding hydrogens is 360 g/mol. The maximum absolute atomic E-state index is 12.6. The lowest BCUT2D eigenvalue weighted by Gasteiger charge is -2.25. The second kappa shape index (κ2) is 7.46. The molecule has 27 heavy (non-hydrogen) atoms. The summed E-state index contributed by atoms with van der Waals surface area (Å²) in [6, 6.07) is 13.9. The Hall–Kier alpha value is -2.77. The zero-order valence-corrected chi connectivity index (χ0v) is 15.8. The number of carbonyl (C=O) groups is 2. The fraction of sp³-hybridized carbons (Fsp3) is 0.250. The molecule has 1 aliphatic rings. The van der Waals surface area contributed by atoms with Gasteiger partial charge in [0.25, 0.3) is 0 Å². The van der Waals surface area contributed by atoms with E-state index in [0.717, 1.165) is 40.0 Å². The first kappa shape index (κ1) is 17.6. The Balaban J connectivity index is 1.41. The average molecular weight is 380 g/mol. The van der Waals surface area contributed by atoms with Crippen LogP contribution >= 0.6 is 11.3 Å². The van der Waals surface area contributed by atoms with Gasteiger partial charge in [-0.05, 0) is 11.5 Å². The van der Waals surface area contributed by atoms with Crippen molar-refractivity contribution in [2.45, 2.75) is 19.9 Å². The fourth-order valence-corrected chi connectivity index (χ4v) is 4.41. The standard InChI is InChI=1S/C20H20N4O2S/c1-13(25)21-20-23-17-9-10-24(11-18(17)27-20)12-19(26)22-16-8-4-6-14-5-2-3-7-15(14)16/h2-8H,9-12H2,1H3,(H,22,26)(H,21,23,25). The van der Waals surface area contributed by atoms with E-state index in [-0.39, 0.29) is 11.8 Å². The molecule has 0 fully saturated rings. The number of hydrogen-bond donors (Lipinski definition) is 2. The van der Waals surface area contributed by atoms with E-state index in [2.05, 4.69) is 20.5 Å². The van der Waals surface area contributed by atoms with Gasteiger partial charge in [-0.15, -0.1) is 11.3 Å². The smallest absolute Gasteiger partial charge is 0.238 e. The third-order valence-corrected chi connectivity index (χ3v) is 5.52. The van der Waals surface area contributed by atoms with Crippen molar-refractivity contribution in [2.24, 2.45) is 0 Å². The summed E-state index contributed by atoms with van der Waals surface area (Å²) in [7, 11) is 0. The number of anilines is 2. The first-order valence-electron chi connectivity index (χ1n) is 8.84. The summed E-state index contributed by atoms with van der Waals surface area (Å²) in [4.78, 5) is 31.4. The van der Waals surface area contributed by atoms with E-state index in [1.165, 1.54) is 18.3 Å². The molecule has 0 aliphatic carbocycles. The normalized spacial score (nSPS) is 14.0. The minimum absolute atomic E-state index is 0.0265. The third kappa shape index (κ3) is 3.99. The highest BCUT2D eigenvalue weighted by atomic mass is 32.1. The largest absolute Gasteiger partial charge is 0.324 e. The maximum atomic E-state index is 12.6. The highest BCUT2D eigenvalue weighted by Gasteiger charge is 2.22. The number of nitrogens with zero attached hydrogens (tertiary/aromatic N) is 2. The van der Waals surface area contributed by atoms with Gasteiger partial charge in [0.15, 0.2) is 5.13 Å². The van der Waals surface area contributed by atoms with Crippen molar-refractivity contribution < 1.29 is 9.59 Å². The number of fused-ring (bicyclic) bond motifs is 2. The first-order chi connectivity index (χ1) is 13.1. The van der Waals surface area contributed by atoms with E-state index in [4.69, 9.17) is 0 Å². The number of thiazole rings is 1. The Bertz CT molecular complexity index is 1010. The molecule has 0 saturated heterocycles. The summed E-state index contributed by atoms with van der Waals surface area (Å²) in [5.74, 6) is -0.145. The molecule has 2 amide bonds. The number of hydrogen-bond acceptors (Lipinski definition) is 5. The third-order valence-electron chi connectivity index (χ3n) is 4.52. The molecule has 0 spiro atoms. The zero-order valence-electron chi connectivity index (χ0n) is 15.0. The number of aromatic nitrogens is 1. The molecule has 4 rings (SSSR count). The Morgan fingerprint density at radius 2 is 1.96 bits per heavy atom. The Labute approximate surface area is 161 Å². The minimum Gasteiger partial charge on any atom is -0.324 e. The molecule has 7 heteroatoms. The molecule has 138 valence electrons. The summed E-state index contributed by atoms with van der Waals surface area (Å²) in [5, 5.41) is 8.55. The van der Waals surface area contributed by atoms with Gasteiger partial charge in [-0.1, -0.05) is 36.4 Å². The van der Waals surface area contributed by atoms with E-state index < -0.39 is 0 Å². The molecule has 1 aliphatic heterocycles. The summed E-state index contributed by atoms with van der Waals surface area (Å²) in [6.45, 7) is 3.26. The van der Waals surface area contributed by atoms with Crippen molar-refractivity contribution >= 4 is 44.7 Å². The van der Waals surface area contributed by atoms with E-state index in [0.29, 0.717) is 18.2 Å². The zero-order chi connectivity index (χ0) is 18.8. The second-order valence-electron chi connectivity index (χ2n) is 6.61. The SMILES string of the molecule is CC(=O)Nc1nc2c(s1)CN(CC(=O)Nc1cccc3ccccc13)CC2. The van der Waals surface area contributed by atoms with Gasteiger partial charge in [0.1, 0.15) is 0 Å². The summed E-state index contributed by atoms with van der Waals surface area (Å²) in [5.41, 5.74) is 1.86. The van der Waals surface area contributed by atoms with Crippen LogP contribution in [0.3, 0.4) is 0 Å². The van der Waals surface area contributed by atoms with Crippen LogP contribution in [0.5, 0.6) is 0 Å². The van der Waals surface area contributed by atoms with E-state index in [1.54, 1.807) is 0 Å². The number of nitrogens with one attached hydrogen (secondary N) is 2. The van der Waals surface area contributed by atoms with Gasteiger partial charge in [-0.3, -0.25) is 14.5 Å². The molecule has 3 aromatic rings. The van der Waals surface area contributed by atoms with Gasteiger partial charge in [0.2, 0.25) is 11.8 Å². The Morgan fingerprint density at radius 3 is 2.81 bits per heavy atom. The molecule has 0 bridgehead atoms. The van der Waals surface area contributed by atoms with Crippen LogP contribution in [-0.4, -0.2) is 34.8 Å². The summed E-state index contributed by atoms with van der Waals surface area (Å²) >= 11 is 1.48. The molecular formula is C20H20N4O2S. The van der Waals surface area contributed by atoms with E-state index in [9.17, 15) is 9.59 Å². The summed E-state index contributed by atoms with van der Waals surface area (Å²) in [6.07, 6.45) is 0.785. The number of rotatable bonds is 4. The molecule has 2 aromatic carbocycles. The fourth-order valence-electron chi connectivity index (χ4n) is 3.31. The second-order valence-corrected chi connectivity index (χ2v) is 7.69. The monoisotopic (exact) mass is 380 g/mol. The quantitative estimate of drug-likeness (QED) is 0.729. The van der Waals surface area contributed by atoms with E-state index >= 15 is 0 Å². The Morgan fingerprint density at radius 1 is 1.15 bits per heavy atom. The number of carbonyl (C=O) groups excluding carboxylic acids is 2. The maximum Gasteiger partial charge on any atom is 0.238 e. The minimum atomic E-state index is -0.118. The van der Waals surface area contributed by atoms with Crippen molar-refractivity contribution in [3.63, 3.8) is 0 Å². The summed E-state index contributed by atoms with van der Waals surface area (Å²) < 4.78 is 0. The van der Waals surface area contributed by atoms with Crippen molar-refractivity contribution in [3.05, 3.63) is 53.0 Å². The van der Waals surface area contributed by atoms with Gasteiger partial charge in [0, 0.05) is 42.4 Å². The molecule has 0 saturated carbocycles. The molecule has 2 N–H and O–H groups in total. The molecule has 2 heterocycles. The predicted octanol–water partition coefficient (Wildman–Crippen LogP) is 3.25. The number of benzene rings is 2. The van der Waals surface area contributed by atoms with Gasteiger partial charge >= 0.3 is 0 Å². The number of amides is 2. The van der Waals surface area contributed by atoms with Gasteiger partial charge in [-0.2, -0.15) is 0 Å². The molecule has 6 nitrogen and oxygen atoms in total. The molecule has 1 aromatic heterocycles. The van der Waals surface area contributed by atoms with E-state index in [1.807, 2.05) is 42.5 Å². The topological polar surface area (TPSA) is 74.3 Å². The van der Waals surface area contributed by atoms with Crippen molar-refractivity contribution in [3.8, 4) is 0 Å². The first-order valence-corrected chi connectivity index (χ1v) is 9.66. The Kier molecular flexibility index (Phi) is 4.87. The lowest BCUT2D eigenvalue weighted by atomic mass is 10.1. The van der Waals surface area contributed by atoms with Crippen LogP contribution in [0.4, 0.5) is 10.8 Å². The molecule has 0 radical (unpaired) electrons. The van der Waals surface area contributed by atoms with Crippen LogP contribution in [-0.2, 0) is 22.6 Å². The van der Waals surface area contributed by atoms with Gasteiger partial charge < -0.3 is 10.6 Å². The van der Waals surface area contributed by atoms with Gasteiger partial charge in [-0.25, -0.2) is 4.98 Å².